The van der Waals surface area contributed by atoms with Crippen LogP contribution in [0.3, 0.4) is 0 Å². The second-order valence-corrected chi connectivity index (χ2v) is 4.68. The first-order valence-corrected chi connectivity index (χ1v) is 6.58. The third-order valence-corrected chi connectivity index (χ3v) is 3.06. The van der Waals surface area contributed by atoms with Gasteiger partial charge >= 0.3 is 0 Å². The lowest BCUT2D eigenvalue weighted by Gasteiger charge is -2.03. The average molecular weight is 297 g/mol. The molecule has 2 N–H and O–H groups in total. The Bertz CT molecular complexity index is 809. The van der Waals surface area contributed by atoms with E-state index in [2.05, 4.69) is 5.32 Å². The third-order valence-electron chi connectivity index (χ3n) is 3.06. The molecular formula is C17H12FNO3. The van der Waals surface area contributed by atoms with Crippen LogP contribution in [0.15, 0.2) is 65.1 Å². The van der Waals surface area contributed by atoms with Crippen molar-refractivity contribution >= 4 is 11.6 Å². The maximum Gasteiger partial charge on any atom is 0.291 e. The quantitative estimate of drug-likeness (QED) is 0.766. The summed E-state index contributed by atoms with van der Waals surface area (Å²) in [5.41, 5.74) is 1.09. The van der Waals surface area contributed by atoms with E-state index in [1.807, 2.05) is 0 Å². The highest BCUT2D eigenvalue weighted by Gasteiger charge is 2.12. The van der Waals surface area contributed by atoms with Crippen LogP contribution in [0.1, 0.15) is 10.6 Å². The molecule has 4 nitrogen and oxygen atoms in total. The van der Waals surface area contributed by atoms with E-state index in [9.17, 15) is 14.3 Å². The Morgan fingerprint density at radius 2 is 1.82 bits per heavy atom. The monoisotopic (exact) mass is 297 g/mol. The average Bonchev–Trinajstić information content (AvgIpc) is 2.98. The fourth-order valence-electron chi connectivity index (χ4n) is 2.00. The number of carbonyl (C=O) groups excluding carboxylic acids is 1. The number of rotatable bonds is 3. The maximum absolute atomic E-state index is 13.1. The molecule has 0 aliphatic carbocycles. The van der Waals surface area contributed by atoms with Crippen LogP contribution in [0, 0.1) is 5.82 Å². The Morgan fingerprint density at radius 3 is 2.55 bits per heavy atom. The van der Waals surface area contributed by atoms with Gasteiger partial charge in [-0.05, 0) is 54.6 Å². The predicted molar refractivity (Wildman–Crippen MR) is 80.2 cm³/mol. The number of carbonyl (C=O) groups is 1. The molecule has 0 bridgehead atoms. The Morgan fingerprint density at radius 1 is 1.05 bits per heavy atom. The van der Waals surface area contributed by atoms with Crippen LogP contribution in [0.2, 0.25) is 0 Å². The Hall–Kier alpha value is -3.08. The second kappa shape index (κ2) is 5.73. The molecule has 0 saturated carbocycles. The van der Waals surface area contributed by atoms with Crippen LogP contribution in [0.25, 0.3) is 11.3 Å². The first kappa shape index (κ1) is 13.9. The van der Waals surface area contributed by atoms with E-state index in [0.29, 0.717) is 11.4 Å². The summed E-state index contributed by atoms with van der Waals surface area (Å²) in [4.78, 5) is 12.1. The number of hydrogen-bond donors (Lipinski definition) is 2. The van der Waals surface area contributed by atoms with E-state index < -0.39 is 11.7 Å². The van der Waals surface area contributed by atoms with E-state index in [0.717, 1.165) is 5.56 Å². The Labute approximate surface area is 125 Å². The molecule has 0 fully saturated rings. The largest absolute Gasteiger partial charge is 0.508 e. The van der Waals surface area contributed by atoms with Gasteiger partial charge in [0.05, 0.1) is 0 Å². The number of nitrogens with one attached hydrogen (secondary N) is 1. The van der Waals surface area contributed by atoms with Gasteiger partial charge in [-0.3, -0.25) is 4.79 Å². The summed E-state index contributed by atoms with van der Waals surface area (Å²) in [6, 6.07) is 15.2. The van der Waals surface area contributed by atoms with Crippen molar-refractivity contribution in [3.05, 3.63) is 72.2 Å². The summed E-state index contributed by atoms with van der Waals surface area (Å²) in [6.07, 6.45) is 0. The van der Waals surface area contributed by atoms with Crippen LogP contribution in [-0.2, 0) is 0 Å². The van der Waals surface area contributed by atoms with Gasteiger partial charge < -0.3 is 14.8 Å². The summed E-state index contributed by atoms with van der Waals surface area (Å²) in [5, 5.41) is 11.8. The minimum Gasteiger partial charge on any atom is -0.508 e. The number of benzene rings is 2. The summed E-state index contributed by atoms with van der Waals surface area (Å²) < 4.78 is 18.6. The summed E-state index contributed by atoms with van der Waals surface area (Å²) in [5.74, 6) is -0.117. The summed E-state index contributed by atoms with van der Waals surface area (Å²) in [7, 11) is 0. The zero-order valence-electron chi connectivity index (χ0n) is 11.4. The van der Waals surface area contributed by atoms with Crippen molar-refractivity contribution in [3.63, 3.8) is 0 Å². The van der Waals surface area contributed by atoms with Gasteiger partial charge in [0.15, 0.2) is 5.76 Å². The van der Waals surface area contributed by atoms with Crippen molar-refractivity contribution in [1.29, 1.82) is 0 Å². The van der Waals surface area contributed by atoms with Crippen LogP contribution in [0.5, 0.6) is 5.75 Å². The number of hydrogen-bond acceptors (Lipinski definition) is 3. The molecular weight excluding hydrogens is 285 g/mol. The number of anilines is 1. The van der Waals surface area contributed by atoms with Crippen molar-refractivity contribution in [2.24, 2.45) is 0 Å². The topological polar surface area (TPSA) is 62.5 Å². The van der Waals surface area contributed by atoms with E-state index in [-0.39, 0.29) is 11.5 Å². The van der Waals surface area contributed by atoms with Crippen LogP contribution in [0.4, 0.5) is 10.1 Å². The molecule has 0 spiro atoms. The van der Waals surface area contributed by atoms with Crippen LogP contribution >= 0.6 is 0 Å². The smallest absolute Gasteiger partial charge is 0.291 e. The van der Waals surface area contributed by atoms with Crippen molar-refractivity contribution in [2.45, 2.75) is 0 Å². The lowest BCUT2D eigenvalue weighted by Crippen LogP contribution is -2.10. The molecule has 5 heteroatoms. The number of furan rings is 1. The number of amides is 1. The SMILES string of the molecule is O=C(Nc1cccc(F)c1)c1ccc(-c2ccc(O)cc2)o1. The first-order chi connectivity index (χ1) is 10.6. The fourth-order valence-corrected chi connectivity index (χ4v) is 2.00. The number of phenolic OH excluding ortho intramolecular Hbond substituents is 1. The molecule has 0 radical (unpaired) electrons. The van der Waals surface area contributed by atoms with Crippen molar-refractivity contribution in [1.82, 2.24) is 0 Å². The van der Waals surface area contributed by atoms with E-state index in [4.69, 9.17) is 4.42 Å². The first-order valence-electron chi connectivity index (χ1n) is 6.58. The number of phenols is 1. The van der Waals surface area contributed by atoms with Crippen molar-refractivity contribution in [2.75, 3.05) is 5.32 Å². The number of aromatic hydroxyl groups is 1. The minimum absolute atomic E-state index is 0.118. The Kier molecular flexibility index (Phi) is 3.62. The molecule has 3 aromatic rings. The summed E-state index contributed by atoms with van der Waals surface area (Å²) in [6.45, 7) is 0. The molecule has 0 atom stereocenters. The van der Waals surface area contributed by atoms with Gasteiger partial charge in [0.25, 0.3) is 5.91 Å². The molecule has 0 aliphatic heterocycles. The molecule has 1 amide bonds. The van der Waals surface area contributed by atoms with Gasteiger partial charge in [-0.15, -0.1) is 0 Å². The molecule has 2 aromatic carbocycles. The highest BCUT2D eigenvalue weighted by Crippen LogP contribution is 2.24. The number of halogens is 1. The molecule has 0 aliphatic rings. The van der Waals surface area contributed by atoms with Gasteiger partial charge in [-0.2, -0.15) is 0 Å². The second-order valence-electron chi connectivity index (χ2n) is 4.68. The molecule has 1 heterocycles. The van der Waals surface area contributed by atoms with Crippen molar-refractivity contribution in [3.8, 4) is 17.1 Å². The highest BCUT2D eigenvalue weighted by molar-refractivity contribution is 6.02. The van der Waals surface area contributed by atoms with E-state index in [1.165, 1.54) is 36.4 Å². The van der Waals surface area contributed by atoms with Crippen molar-refractivity contribution < 1.29 is 18.7 Å². The zero-order chi connectivity index (χ0) is 15.5. The Balaban J connectivity index is 1.78. The molecule has 0 saturated heterocycles. The minimum atomic E-state index is -0.462. The highest BCUT2D eigenvalue weighted by atomic mass is 19.1. The lowest BCUT2D eigenvalue weighted by atomic mass is 10.2. The van der Waals surface area contributed by atoms with Gasteiger partial charge in [0.2, 0.25) is 0 Å². The molecule has 3 rings (SSSR count). The standard InChI is InChI=1S/C17H12FNO3/c18-12-2-1-3-13(10-12)19-17(21)16-9-8-15(22-16)11-4-6-14(20)7-5-11/h1-10,20H,(H,19,21). The molecule has 110 valence electrons. The van der Waals surface area contributed by atoms with Crippen LogP contribution < -0.4 is 5.32 Å². The molecule has 22 heavy (non-hydrogen) atoms. The van der Waals surface area contributed by atoms with Crippen LogP contribution in [-0.4, -0.2) is 11.0 Å². The van der Waals surface area contributed by atoms with E-state index >= 15 is 0 Å². The van der Waals surface area contributed by atoms with Gasteiger partial charge in [0, 0.05) is 11.3 Å². The van der Waals surface area contributed by atoms with E-state index in [1.54, 1.807) is 24.3 Å². The predicted octanol–water partition coefficient (Wildman–Crippen LogP) is 4.04. The van der Waals surface area contributed by atoms with Gasteiger partial charge in [0.1, 0.15) is 17.3 Å². The maximum atomic E-state index is 13.1. The molecule has 0 unspecified atom stereocenters. The summed E-state index contributed by atoms with van der Waals surface area (Å²) >= 11 is 0. The third kappa shape index (κ3) is 2.98. The molecule has 1 aromatic heterocycles. The zero-order valence-corrected chi connectivity index (χ0v) is 11.4. The lowest BCUT2D eigenvalue weighted by molar-refractivity contribution is 0.0997. The van der Waals surface area contributed by atoms with Gasteiger partial charge in [-0.1, -0.05) is 6.07 Å². The fraction of sp³-hybridized carbons (Fsp3) is 0. The normalized spacial score (nSPS) is 10.4. The van der Waals surface area contributed by atoms with Gasteiger partial charge in [-0.25, -0.2) is 4.39 Å².